The molecule has 3 rings (SSSR count). The minimum absolute atomic E-state index is 0.0679. The van der Waals surface area contributed by atoms with Crippen LogP contribution in [0.5, 0.6) is 23.1 Å². The lowest BCUT2D eigenvalue weighted by Gasteiger charge is -2.24. The van der Waals surface area contributed by atoms with E-state index in [1.54, 1.807) is 67.9 Å². The zero-order valence-corrected chi connectivity index (χ0v) is 18.5. The molecule has 162 valence electrons. The molecule has 0 saturated heterocycles. The maximum atomic E-state index is 12.6. The summed E-state index contributed by atoms with van der Waals surface area (Å²) in [5.74, 6) is 1.41. The summed E-state index contributed by atoms with van der Waals surface area (Å²) in [7, 11) is 1.54. The first-order valence-corrected chi connectivity index (χ1v) is 10.5. The van der Waals surface area contributed by atoms with Gasteiger partial charge < -0.3 is 19.1 Å². The molecule has 0 aliphatic rings. The van der Waals surface area contributed by atoms with Gasteiger partial charge in [-0.3, -0.25) is 4.79 Å². The normalized spacial score (nSPS) is 10.5. The van der Waals surface area contributed by atoms with E-state index in [1.165, 1.54) is 11.8 Å². The average Bonchev–Trinajstić information content (AvgIpc) is 2.78. The SMILES string of the molecule is COc1ccc(OCSF)c(CN(C(C)=O)c2cccnc2Oc2ccc(Cl)cc2)c1. The van der Waals surface area contributed by atoms with Crippen molar-refractivity contribution in [1.82, 2.24) is 4.98 Å². The Balaban J connectivity index is 1.95. The third-order valence-electron chi connectivity index (χ3n) is 4.31. The number of halogens is 2. The van der Waals surface area contributed by atoms with Crippen molar-refractivity contribution < 1.29 is 22.9 Å². The van der Waals surface area contributed by atoms with Crippen molar-refractivity contribution in [3.63, 3.8) is 0 Å². The third-order valence-corrected chi connectivity index (χ3v) is 4.76. The van der Waals surface area contributed by atoms with Gasteiger partial charge in [0.15, 0.2) is 5.94 Å². The lowest BCUT2D eigenvalue weighted by Crippen LogP contribution is -2.28. The molecule has 2 aromatic carbocycles. The molecule has 0 radical (unpaired) electrons. The predicted molar refractivity (Wildman–Crippen MR) is 120 cm³/mol. The van der Waals surface area contributed by atoms with Crippen molar-refractivity contribution in [2.24, 2.45) is 0 Å². The van der Waals surface area contributed by atoms with Crippen LogP contribution in [-0.4, -0.2) is 23.9 Å². The van der Waals surface area contributed by atoms with Crippen molar-refractivity contribution in [3.05, 3.63) is 71.4 Å². The number of anilines is 1. The zero-order chi connectivity index (χ0) is 22.2. The fourth-order valence-electron chi connectivity index (χ4n) is 2.85. The molecule has 1 aromatic heterocycles. The summed E-state index contributed by atoms with van der Waals surface area (Å²) < 4.78 is 29.2. The van der Waals surface area contributed by atoms with Gasteiger partial charge in [-0.25, -0.2) is 4.98 Å². The highest BCUT2D eigenvalue weighted by Crippen LogP contribution is 2.34. The molecule has 0 fully saturated rings. The molecule has 9 heteroatoms. The molecule has 0 unspecified atom stereocenters. The molecular formula is C22H20ClFN2O4S. The Hall–Kier alpha value is -2.97. The summed E-state index contributed by atoms with van der Waals surface area (Å²) in [5, 5.41) is 0.580. The Labute approximate surface area is 189 Å². The van der Waals surface area contributed by atoms with Crippen LogP contribution >= 0.6 is 23.7 Å². The standard InChI is InChI=1S/C22H20ClFN2O4S/c1-15(27)26(13-16-12-19(28-2)9-10-21(16)29-14-31-24)20-4-3-11-25-22(20)30-18-7-5-17(23)6-8-18/h3-12H,13-14H2,1-2H3. The van der Waals surface area contributed by atoms with Gasteiger partial charge in [0, 0.05) is 23.7 Å². The maximum Gasteiger partial charge on any atom is 0.243 e. The van der Waals surface area contributed by atoms with Crippen LogP contribution in [-0.2, 0) is 11.3 Å². The highest BCUT2D eigenvalue weighted by molar-refractivity contribution is 7.94. The van der Waals surface area contributed by atoms with Gasteiger partial charge in [-0.15, -0.1) is 0 Å². The Bertz CT molecular complexity index is 1040. The van der Waals surface area contributed by atoms with E-state index in [0.717, 1.165) is 0 Å². The maximum absolute atomic E-state index is 12.6. The number of carbonyl (C=O) groups is 1. The number of hydrogen-bond acceptors (Lipinski definition) is 6. The van der Waals surface area contributed by atoms with E-state index in [0.29, 0.717) is 33.5 Å². The van der Waals surface area contributed by atoms with Gasteiger partial charge in [-0.2, -0.15) is 3.89 Å². The van der Waals surface area contributed by atoms with Crippen LogP contribution in [0.4, 0.5) is 9.57 Å². The van der Waals surface area contributed by atoms with Crippen LogP contribution in [0.15, 0.2) is 60.8 Å². The Morgan fingerprint density at radius 2 is 1.90 bits per heavy atom. The molecule has 0 aliphatic heterocycles. The number of carbonyl (C=O) groups excluding carboxylic acids is 1. The first-order chi connectivity index (χ1) is 15.0. The van der Waals surface area contributed by atoms with Crippen molar-refractivity contribution in [2.75, 3.05) is 17.9 Å². The van der Waals surface area contributed by atoms with Crippen molar-refractivity contribution >= 4 is 35.3 Å². The van der Waals surface area contributed by atoms with Crippen LogP contribution in [0, 0.1) is 0 Å². The number of ether oxygens (including phenoxy) is 3. The number of pyridine rings is 1. The van der Waals surface area contributed by atoms with E-state index < -0.39 is 0 Å². The molecule has 31 heavy (non-hydrogen) atoms. The second-order valence-electron chi connectivity index (χ2n) is 6.33. The van der Waals surface area contributed by atoms with Crippen LogP contribution in [0.1, 0.15) is 12.5 Å². The fourth-order valence-corrected chi connectivity index (χ4v) is 3.15. The van der Waals surface area contributed by atoms with E-state index in [-0.39, 0.29) is 36.4 Å². The smallest absolute Gasteiger partial charge is 0.243 e. The van der Waals surface area contributed by atoms with Crippen molar-refractivity contribution in [1.29, 1.82) is 0 Å². The first-order valence-electron chi connectivity index (χ1n) is 9.21. The number of methoxy groups -OCH3 is 1. The minimum Gasteiger partial charge on any atom is -0.497 e. The van der Waals surface area contributed by atoms with Gasteiger partial charge in [0.2, 0.25) is 11.8 Å². The molecule has 0 saturated carbocycles. The topological polar surface area (TPSA) is 60.9 Å². The van der Waals surface area contributed by atoms with Crippen LogP contribution < -0.4 is 19.1 Å². The number of aromatic nitrogens is 1. The summed E-state index contributed by atoms with van der Waals surface area (Å²) >= 11 is 6.00. The summed E-state index contributed by atoms with van der Waals surface area (Å²) in [4.78, 5) is 18.4. The van der Waals surface area contributed by atoms with E-state index in [2.05, 4.69) is 4.98 Å². The van der Waals surface area contributed by atoms with Crippen molar-refractivity contribution in [3.8, 4) is 23.1 Å². The van der Waals surface area contributed by atoms with Gasteiger partial charge in [0.25, 0.3) is 0 Å². The molecule has 0 spiro atoms. The molecule has 0 N–H and O–H groups in total. The first kappa shape index (κ1) is 22.7. The molecule has 0 bridgehead atoms. The van der Waals surface area contributed by atoms with Gasteiger partial charge in [-0.1, -0.05) is 11.6 Å². The highest BCUT2D eigenvalue weighted by Gasteiger charge is 2.20. The van der Waals surface area contributed by atoms with E-state index >= 15 is 0 Å². The molecule has 6 nitrogen and oxygen atoms in total. The number of rotatable bonds is 9. The molecule has 3 aromatic rings. The second kappa shape index (κ2) is 10.9. The van der Waals surface area contributed by atoms with Crippen molar-refractivity contribution in [2.45, 2.75) is 13.5 Å². The van der Waals surface area contributed by atoms with E-state index in [1.807, 2.05) is 0 Å². The van der Waals surface area contributed by atoms with E-state index in [9.17, 15) is 8.68 Å². The van der Waals surface area contributed by atoms with Gasteiger partial charge in [-0.05, 0) is 54.6 Å². The molecule has 1 amide bonds. The van der Waals surface area contributed by atoms with Gasteiger partial charge >= 0.3 is 0 Å². The number of hydrogen-bond donors (Lipinski definition) is 0. The predicted octanol–water partition coefficient (Wildman–Crippen LogP) is 6.04. The van der Waals surface area contributed by atoms with Crippen LogP contribution in [0.3, 0.4) is 0 Å². The molecule has 0 atom stereocenters. The molecular weight excluding hydrogens is 443 g/mol. The monoisotopic (exact) mass is 462 g/mol. The van der Waals surface area contributed by atoms with Gasteiger partial charge in [0.05, 0.1) is 25.8 Å². The van der Waals surface area contributed by atoms with Crippen LogP contribution in [0.2, 0.25) is 5.02 Å². The number of amides is 1. The van der Waals surface area contributed by atoms with Crippen LogP contribution in [0.25, 0.3) is 0 Å². The average molecular weight is 463 g/mol. The Kier molecular flexibility index (Phi) is 7.97. The Morgan fingerprint density at radius 3 is 2.58 bits per heavy atom. The molecule has 0 aliphatic carbocycles. The largest absolute Gasteiger partial charge is 0.497 e. The highest BCUT2D eigenvalue weighted by atomic mass is 35.5. The van der Waals surface area contributed by atoms with E-state index in [4.69, 9.17) is 25.8 Å². The second-order valence-corrected chi connectivity index (χ2v) is 7.22. The third kappa shape index (κ3) is 6.02. The number of benzene rings is 2. The Morgan fingerprint density at radius 1 is 1.16 bits per heavy atom. The fraction of sp³-hybridized carbons (Fsp3) is 0.182. The summed E-state index contributed by atoms with van der Waals surface area (Å²) in [6.07, 6.45) is 1.58. The summed E-state index contributed by atoms with van der Waals surface area (Å²) in [5.41, 5.74) is 1.11. The lowest BCUT2D eigenvalue weighted by molar-refractivity contribution is -0.116. The minimum atomic E-state index is -0.234. The lowest BCUT2D eigenvalue weighted by atomic mass is 10.1. The number of nitrogens with zero attached hydrogens (tertiary/aromatic N) is 2. The molecule has 1 heterocycles. The zero-order valence-electron chi connectivity index (χ0n) is 16.9. The summed E-state index contributed by atoms with van der Waals surface area (Å²) in [6.45, 7) is 1.58. The summed E-state index contributed by atoms with van der Waals surface area (Å²) in [6, 6.07) is 15.4. The van der Waals surface area contributed by atoms with Gasteiger partial charge in [0.1, 0.15) is 22.9 Å². The quantitative estimate of drug-likeness (QED) is 0.361.